The molecular formula is C23H44N2. The fraction of sp³-hybridized carbons (Fsp3) is 1.00. The SMILES string of the molecule is CC(C)(C)C1CCN(C2CCC3(CC2)CCN(C(C)(C)C)CC3)CC1. The van der Waals surface area contributed by atoms with E-state index in [1.165, 1.54) is 77.5 Å². The average molecular weight is 349 g/mol. The van der Waals surface area contributed by atoms with Gasteiger partial charge in [0, 0.05) is 11.6 Å². The van der Waals surface area contributed by atoms with E-state index in [2.05, 4.69) is 51.3 Å². The first-order valence-electron chi connectivity index (χ1n) is 11.1. The largest absolute Gasteiger partial charge is 0.300 e. The summed E-state index contributed by atoms with van der Waals surface area (Å²) in [4.78, 5) is 5.57. The summed E-state index contributed by atoms with van der Waals surface area (Å²) in [6.45, 7) is 19.8. The Bertz CT molecular complexity index is 416. The van der Waals surface area contributed by atoms with Crippen molar-refractivity contribution in [1.82, 2.24) is 9.80 Å². The fourth-order valence-corrected chi connectivity index (χ4v) is 5.86. The molecule has 2 saturated heterocycles. The molecule has 0 bridgehead atoms. The maximum Gasteiger partial charge on any atom is 0.0125 e. The highest BCUT2D eigenvalue weighted by molar-refractivity contribution is 4.95. The van der Waals surface area contributed by atoms with Crippen molar-refractivity contribution in [2.45, 2.75) is 104 Å². The molecule has 1 spiro atoms. The lowest BCUT2D eigenvalue weighted by molar-refractivity contribution is -0.00566. The summed E-state index contributed by atoms with van der Waals surface area (Å²) in [5.74, 6) is 0.931. The Morgan fingerprint density at radius 3 is 1.64 bits per heavy atom. The zero-order valence-electron chi connectivity index (χ0n) is 18.0. The molecule has 0 amide bonds. The molecule has 0 radical (unpaired) electrons. The molecular weight excluding hydrogens is 304 g/mol. The fourth-order valence-electron chi connectivity index (χ4n) is 5.86. The second kappa shape index (κ2) is 7.15. The molecule has 0 N–H and O–H groups in total. The van der Waals surface area contributed by atoms with E-state index in [4.69, 9.17) is 0 Å². The van der Waals surface area contributed by atoms with Gasteiger partial charge in [0.15, 0.2) is 0 Å². The minimum absolute atomic E-state index is 0.357. The van der Waals surface area contributed by atoms with E-state index in [9.17, 15) is 0 Å². The first-order chi connectivity index (χ1) is 11.6. The Balaban J connectivity index is 1.46. The van der Waals surface area contributed by atoms with Gasteiger partial charge in [-0.2, -0.15) is 0 Å². The van der Waals surface area contributed by atoms with Gasteiger partial charge in [-0.25, -0.2) is 0 Å². The van der Waals surface area contributed by atoms with Crippen molar-refractivity contribution >= 4 is 0 Å². The van der Waals surface area contributed by atoms with Crippen LogP contribution in [0.15, 0.2) is 0 Å². The van der Waals surface area contributed by atoms with Gasteiger partial charge in [-0.05, 0) is 115 Å². The first kappa shape index (κ1) is 19.7. The standard InChI is InChI=1S/C23H44N2/c1-21(2,3)19-9-15-24(16-10-19)20-7-11-23(12-8-20)13-17-25(18-14-23)22(4,5)6/h19-20H,7-18H2,1-6H3. The van der Waals surface area contributed by atoms with Gasteiger partial charge in [-0.15, -0.1) is 0 Å². The van der Waals surface area contributed by atoms with E-state index in [1.807, 2.05) is 0 Å². The normalized spacial score (nSPS) is 28.6. The highest BCUT2D eigenvalue weighted by atomic mass is 15.2. The van der Waals surface area contributed by atoms with Crippen LogP contribution >= 0.6 is 0 Å². The summed E-state index contributed by atoms with van der Waals surface area (Å²) in [5.41, 5.74) is 1.56. The van der Waals surface area contributed by atoms with Gasteiger partial charge in [0.2, 0.25) is 0 Å². The molecule has 2 heteroatoms. The van der Waals surface area contributed by atoms with Crippen LogP contribution in [0.3, 0.4) is 0 Å². The van der Waals surface area contributed by atoms with Crippen LogP contribution in [0.1, 0.15) is 92.9 Å². The Kier molecular flexibility index (Phi) is 5.63. The van der Waals surface area contributed by atoms with Gasteiger partial charge in [-0.1, -0.05) is 20.8 Å². The van der Waals surface area contributed by atoms with Crippen molar-refractivity contribution in [3.05, 3.63) is 0 Å². The molecule has 0 aromatic carbocycles. The molecule has 2 nitrogen and oxygen atoms in total. The van der Waals surface area contributed by atoms with Gasteiger partial charge in [0.1, 0.15) is 0 Å². The highest BCUT2D eigenvalue weighted by Crippen LogP contribution is 2.47. The molecule has 0 unspecified atom stereocenters. The van der Waals surface area contributed by atoms with Crippen molar-refractivity contribution in [2.75, 3.05) is 26.2 Å². The second-order valence-electron chi connectivity index (χ2n) is 11.6. The Morgan fingerprint density at radius 2 is 1.20 bits per heavy atom. The number of rotatable bonds is 1. The van der Waals surface area contributed by atoms with E-state index in [-0.39, 0.29) is 0 Å². The molecule has 2 heterocycles. The third-order valence-corrected chi connectivity index (χ3v) is 8.06. The number of nitrogens with zero attached hydrogens (tertiary/aromatic N) is 2. The van der Waals surface area contributed by atoms with E-state index >= 15 is 0 Å². The molecule has 25 heavy (non-hydrogen) atoms. The lowest BCUT2D eigenvalue weighted by Gasteiger charge is -2.51. The summed E-state index contributed by atoms with van der Waals surface area (Å²) >= 11 is 0. The summed E-state index contributed by atoms with van der Waals surface area (Å²) in [6.07, 6.45) is 11.7. The summed E-state index contributed by atoms with van der Waals surface area (Å²) < 4.78 is 0. The van der Waals surface area contributed by atoms with Crippen LogP contribution < -0.4 is 0 Å². The van der Waals surface area contributed by atoms with Gasteiger partial charge in [-0.3, -0.25) is 4.90 Å². The van der Waals surface area contributed by atoms with Crippen molar-refractivity contribution < 1.29 is 0 Å². The van der Waals surface area contributed by atoms with Gasteiger partial charge in [0.05, 0.1) is 0 Å². The predicted octanol–water partition coefficient (Wildman–Crippen LogP) is 5.57. The minimum atomic E-state index is 0.357. The van der Waals surface area contributed by atoms with Crippen LogP contribution in [0.25, 0.3) is 0 Å². The van der Waals surface area contributed by atoms with Crippen molar-refractivity contribution in [2.24, 2.45) is 16.7 Å². The van der Waals surface area contributed by atoms with Crippen LogP contribution in [0.4, 0.5) is 0 Å². The number of likely N-dealkylation sites (tertiary alicyclic amines) is 2. The molecule has 2 aliphatic heterocycles. The van der Waals surface area contributed by atoms with E-state index in [0.29, 0.717) is 16.4 Å². The number of hydrogen-bond donors (Lipinski definition) is 0. The zero-order valence-corrected chi connectivity index (χ0v) is 18.0. The second-order valence-corrected chi connectivity index (χ2v) is 11.6. The highest BCUT2D eigenvalue weighted by Gasteiger charge is 2.41. The van der Waals surface area contributed by atoms with Crippen LogP contribution in [-0.4, -0.2) is 47.6 Å². The first-order valence-corrected chi connectivity index (χ1v) is 11.1. The molecule has 3 aliphatic rings. The molecule has 146 valence electrons. The number of piperidine rings is 2. The molecule has 0 aromatic heterocycles. The maximum atomic E-state index is 2.86. The van der Waals surface area contributed by atoms with E-state index < -0.39 is 0 Å². The molecule has 3 rings (SSSR count). The Hall–Kier alpha value is -0.0800. The third-order valence-electron chi connectivity index (χ3n) is 8.06. The molecule has 0 aromatic rings. The quantitative estimate of drug-likeness (QED) is 0.611. The third kappa shape index (κ3) is 4.61. The number of hydrogen-bond acceptors (Lipinski definition) is 2. The molecule has 1 aliphatic carbocycles. The summed E-state index contributed by atoms with van der Waals surface area (Å²) in [5, 5.41) is 0. The Morgan fingerprint density at radius 1 is 0.680 bits per heavy atom. The van der Waals surface area contributed by atoms with Crippen LogP contribution in [0.5, 0.6) is 0 Å². The van der Waals surface area contributed by atoms with Crippen LogP contribution in [0.2, 0.25) is 0 Å². The van der Waals surface area contributed by atoms with E-state index in [1.54, 1.807) is 0 Å². The zero-order chi connectivity index (χ0) is 18.3. The summed E-state index contributed by atoms with van der Waals surface area (Å²) in [6, 6.07) is 0.896. The van der Waals surface area contributed by atoms with Crippen molar-refractivity contribution in [1.29, 1.82) is 0 Å². The van der Waals surface area contributed by atoms with Gasteiger partial charge < -0.3 is 4.90 Å². The lowest BCUT2D eigenvalue weighted by atomic mass is 9.66. The average Bonchev–Trinajstić information content (AvgIpc) is 2.54. The lowest BCUT2D eigenvalue weighted by Crippen LogP contribution is -2.51. The van der Waals surface area contributed by atoms with Crippen LogP contribution in [-0.2, 0) is 0 Å². The van der Waals surface area contributed by atoms with Gasteiger partial charge in [0.25, 0.3) is 0 Å². The van der Waals surface area contributed by atoms with E-state index in [0.717, 1.165) is 12.0 Å². The van der Waals surface area contributed by atoms with Crippen molar-refractivity contribution in [3.63, 3.8) is 0 Å². The van der Waals surface area contributed by atoms with Crippen LogP contribution in [0, 0.1) is 16.7 Å². The molecule has 3 fully saturated rings. The molecule has 0 atom stereocenters. The maximum absolute atomic E-state index is 2.86. The minimum Gasteiger partial charge on any atom is -0.300 e. The van der Waals surface area contributed by atoms with Crippen molar-refractivity contribution in [3.8, 4) is 0 Å². The monoisotopic (exact) mass is 348 g/mol. The smallest absolute Gasteiger partial charge is 0.0125 e. The van der Waals surface area contributed by atoms with Gasteiger partial charge >= 0.3 is 0 Å². The topological polar surface area (TPSA) is 6.48 Å². The summed E-state index contributed by atoms with van der Waals surface area (Å²) in [7, 11) is 0. The predicted molar refractivity (Wildman–Crippen MR) is 109 cm³/mol. The molecule has 1 saturated carbocycles. The Labute approximate surface area is 157 Å².